The molecule has 3 rings (SSSR count). The van der Waals surface area contributed by atoms with Crippen molar-refractivity contribution in [2.75, 3.05) is 0 Å². The zero-order valence-corrected chi connectivity index (χ0v) is 15.4. The van der Waals surface area contributed by atoms with Gasteiger partial charge >= 0.3 is 0 Å². The molecule has 0 saturated heterocycles. The Morgan fingerprint density at radius 2 is 1.81 bits per heavy atom. The van der Waals surface area contributed by atoms with Crippen molar-refractivity contribution in [3.8, 4) is 10.6 Å². The lowest BCUT2D eigenvalue weighted by atomic mass is 10.1. The number of benzene rings is 1. The van der Waals surface area contributed by atoms with E-state index < -0.39 is 11.8 Å². The second-order valence-corrected chi connectivity index (χ2v) is 6.55. The fourth-order valence-corrected chi connectivity index (χ4v) is 3.25. The first-order valence-corrected chi connectivity index (χ1v) is 8.96. The zero-order valence-electron chi connectivity index (χ0n) is 14.6. The maximum Gasteiger partial charge on any atom is 0.289 e. The highest BCUT2D eigenvalue weighted by Gasteiger charge is 2.19. The lowest BCUT2D eigenvalue weighted by molar-refractivity contribution is 0.0843. The number of thiazole rings is 1. The molecular weight excluding hydrogens is 352 g/mol. The van der Waals surface area contributed by atoms with Crippen LogP contribution in [-0.4, -0.2) is 22.0 Å². The van der Waals surface area contributed by atoms with Crippen LogP contribution in [0.3, 0.4) is 0 Å². The van der Waals surface area contributed by atoms with Gasteiger partial charge < -0.3 is 4.52 Å². The van der Waals surface area contributed by atoms with Gasteiger partial charge in [0.1, 0.15) is 22.0 Å². The molecule has 0 aliphatic heterocycles. The molecule has 2 N–H and O–H groups in total. The Hall–Kier alpha value is -3.00. The number of aromatic nitrogens is 2. The summed E-state index contributed by atoms with van der Waals surface area (Å²) in [5.74, 6) is -0.585. The highest BCUT2D eigenvalue weighted by atomic mass is 32.1. The van der Waals surface area contributed by atoms with Crippen LogP contribution in [0.15, 0.2) is 34.2 Å². The minimum atomic E-state index is -0.488. The van der Waals surface area contributed by atoms with Gasteiger partial charge in [0.15, 0.2) is 0 Å². The molecule has 26 heavy (non-hydrogen) atoms. The average molecular weight is 370 g/mol. The number of hydrazine groups is 1. The van der Waals surface area contributed by atoms with E-state index in [4.69, 9.17) is 4.52 Å². The van der Waals surface area contributed by atoms with E-state index in [0.29, 0.717) is 17.0 Å². The lowest BCUT2D eigenvalue weighted by Gasteiger charge is -2.05. The molecule has 1 aromatic carbocycles. The summed E-state index contributed by atoms with van der Waals surface area (Å²) in [4.78, 5) is 28.7. The highest BCUT2D eigenvalue weighted by molar-refractivity contribution is 7.13. The molecule has 0 radical (unpaired) electrons. The number of rotatable bonds is 4. The van der Waals surface area contributed by atoms with Crippen molar-refractivity contribution in [1.29, 1.82) is 0 Å². The highest BCUT2D eigenvalue weighted by Crippen LogP contribution is 2.24. The number of nitrogens with zero attached hydrogens (tertiary/aromatic N) is 2. The normalized spacial score (nSPS) is 10.6. The third kappa shape index (κ3) is 3.65. The topological polar surface area (TPSA) is 97.1 Å². The summed E-state index contributed by atoms with van der Waals surface area (Å²) in [6.07, 6.45) is 0.969. The van der Waals surface area contributed by atoms with E-state index in [1.165, 1.54) is 16.9 Å². The monoisotopic (exact) mass is 370 g/mol. The van der Waals surface area contributed by atoms with E-state index in [9.17, 15) is 9.59 Å². The fraction of sp³-hybridized carbons (Fsp3) is 0.222. The molecule has 0 aliphatic rings. The first-order valence-electron chi connectivity index (χ1n) is 8.08. The van der Waals surface area contributed by atoms with Crippen LogP contribution in [0.4, 0.5) is 0 Å². The van der Waals surface area contributed by atoms with Crippen LogP contribution in [0.2, 0.25) is 0 Å². The Morgan fingerprint density at radius 1 is 1.12 bits per heavy atom. The number of aryl methyl sites for hydroxylation is 3. The predicted molar refractivity (Wildman–Crippen MR) is 97.8 cm³/mol. The molecule has 2 aromatic heterocycles. The first-order chi connectivity index (χ1) is 12.5. The maximum atomic E-state index is 12.2. The van der Waals surface area contributed by atoms with Crippen LogP contribution in [-0.2, 0) is 6.42 Å². The largest absolute Gasteiger partial charge is 0.361 e. The predicted octanol–water partition coefficient (Wildman–Crippen LogP) is 3.05. The summed E-state index contributed by atoms with van der Waals surface area (Å²) in [6.45, 7) is 5.38. The minimum absolute atomic E-state index is 0.239. The van der Waals surface area contributed by atoms with Gasteiger partial charge in [-0.2, -0.15) is 0 Å². The van der Waals surface area contributed by atoms with Crippen LogP contribution in [0.1, 0.15) is 44.8 Å². The minimum Gasteiger partial charge on any atom is -0.361 e. The molecule has 134 valence electrons. The van der Waals surface area contributed by atoms with Gasteiger partial charge in [0.05, 0.1) is 5.69 Å². The van der Waals surface area contributed by atoms with Crippen molar-refractivity contribution in [3.63, 3.8) is 0 Å². The number of hydrogen-bond acceptors (Lipinski definition) is 6. The van der Waals surface area contributed by atoms with Crippen LogP contribution in [0.25, 0.3) is 10.6 Å². The molecule has 0 atom stereocenters. The number of nitrogens with one attached hydrogen (secondary N) is 2. The number of hydrogen-bond donors (Lipinski definition) is 2. The number of amides is 2. The van der Waals surface area contributed by atoms with Crippen LogP contribution in [0.5, 0.6) is 0 Å². The van der Waals surface area contributed by atoms with Crippen molar-refractivity contribution < 1.29 is 14.1 Å². The van der Waals surface area contributed by atoms with E-state index in [1.807, 2.05) is 24.3 Å². The van der Waals surface area contributed by atoms with Gasteiger partial charge in [0.25, 0.3) is 11.8 Å². The molecule has 2 amide bonds. The molecule has 0 aliphatic carbocycles. The molecule has 0 saturated carbocycles. The van der Waals surface area contributed by atoms with Gasteiger partial charge in [-0.1, -0.05) is 36.3 Å². The van der Waals surface area contributed by atoms with Crippen LogP contribution < -0.4 is 10.9 Å². The molecule has 2 heterocycles. The summed E-state index contributed by atoms with van der Waals surface area (Å²) in [5, 5.41) is 6.11. The van der Waals surface area contributed by atoms with E-state index in [-0.39, 0.29) is 5.69 Å². The standard InChI is InChI=1S/C18H18N4O3S/c1-4-12-5-7-13(8-6-12)18-19-14(9-26-18)16(23)20-21-17(24)15-10(2)22-25-11(15)3/h5-9H,4H2,1-3H3,(H,20,23)(H,21,24). The summed E-state index contributed by atoms with van der Waals surface area (Å²) < 4.78 is 4.94. The van der Waals surface area contributed by atoms with Crippen LogP contribution in [0, 0.1) is 13.8 Å². The maximum absolute atomic E-state index is 12.2. The van der Waals surface area contributed by atoms with Crippen molar-refractivity contribution in [3.05, 3.63) is 57.9 Å². The van der Waals surface area contributed by atoms with Crippen LogP contribution >= 0.6 is 11.3 Å². The quantitative estimate of drug-likeness (QED) is 0.688. The Labute approximate surface area is 154 Å². The fourth-order valence-electron chi connectivity index (χ4n) is 2.44. The van der Waals surface area contributed by atoms with Crippen molar-refractivity contribution in [1.82, 2.24) is 21.0 Å². The van der Waals surface area contributed by atoms with Gasteiger partial charge in [-0.05, 0) is 25.8 Å². The van der Waals surface area contributed by atoms with Gasteiger partial charge in [-0.25, -0.2) is 4.98 Å². The van der Waals surface area contributed by atoms with Crippen molar-refractivity contribution in [2.24, 2.45) is 0 Å². The van der Waals surface area contributed by atoms with E-state index in [2.05, 4.69) is 27.9 Å². The Morgan fingerprint density at radius 3 is 2.42 bits per heavy atom. The molecule has 0 unspecified atom stereocenters. The second-order valence-electron chi connectivity index (χ2n) is 5.70. The smallest absolute Gasteiger partial charge is 0.289 e. The first kappa shape index (κ1) is 17.8. The Bertz CT molecular complexity index is 924. The van der Waals surface area contributed by atoms with Gasteiger partial charge in [0, 0.05) is 10.9 Å². The summed E-state index contributed by atoms with van der Waals surface area (Å²) in [5.41, 5.74) is 7.91. The Kier molecular flexibility index (Phi) is 5.13. The SMILES string of the molecule is CCc1ccc(-c2nc(C(=O)NNC(=O)c3c(C)noc3C)cs2)cc1. The molecule has 0 spiro atoms. The van der Waals surface area contributed by atoms with E-state index in [1.54, 1.807) is 19.2 Å². The lowest BCUT2D eigenvalue weighted by Crippen LogP contribution is -2.42. The third-order valence-electron chi connectivity index (χ3n) is 3.90. The number of carbonyl (C=O) groups excluding carboxylic acids is 2. The Balaban J connectivity index is 1.65. The number of carbonyl (C=O) groups is 2. The van der Waals surface area contributed by atoms with E-state index in [0.717, 1.165) is 17.0 Å². The molecule has 3 aromatic rings. The van der Waals surface area contributed by atoms with E-state index >= 15 is 0 Å². The summed E-state index contributed by atoms with van der Waals surface area (Å²) in [7, 11) is 0. The van der Waals surface area contributed by atoms with Gasteiger partial charge in [-0.3, -0.25) is 20.4 Å². The average Bonchev–Trinajstić information content (AvgIpc) is 3.27. The second kappa shape index (κ2) is 7.49. The third-order valence-corrected chi connectivity index (χ3v) is 4.79. The molecule has 7 nitrogen and oxygen atoms in total. The summed E-state index contributed by atoms with van der Waals surface area (Å²) >= 11 is 1.37. The van der Waals surface area contributed by atoms with Crippen molar-refractivity contribution in [2.45, 2.75) is 27.2 Å². The van der Waals surface area contributed by atoms with Gasteiger partial charge in [0.2, 0.25) is 0 Å². The van der Waals surface area contributed by atoms with Gasteiger partial charge in [-0.15, -0.1) is 11.3 Å². The molecule has 0 bridgehead atoms. The molecule has 8 heteroatoms. The zero-order chi connectivity index (χ0) is 18.7. The molecular formula is C18H18N4O3S. The van der Waals surface area contributed by atoms with Crippen molar-refractivity contribution >= 4 is 23.2 Å². The summed E-state index contributed by atoms with van der Waals surface area (Å²) in [6, 6.07) is 8.05. The molecule has 0 fully saturated rings.